The first-order chi connectivity index (χ1) is 7.56. The van der Waals surface area contributed by atoms with Crippen molar-refractivity contribution in [1.82, 2.24) is 0 Å². The van der Waals surface area contributed by atoms with Crippen molar-refractivity contribution in [3.8, 4) is 0 Å². The Labute approximate surface area is 103 Å². The molecule has 0 aromatic carbocycles. The van der Waals surface area contributed by atoms with Crippen LogP contribution in [0.3, 0.4) is 0 Å². The average Bonchev–Trinajstić information content (AvgIpc) is 2.27. The normalized spacial score (nSPS) is 18.4. The summed E-state index contributed by atoms with van der Waals surface area (Å²) in [7, 11) is 0. The summed E-state index contributed by atoms with van der Waals surface area (Å²) in [5.41, 5.74) is -0.322. The van der Waals surface area contributed by atoms with Crippen LogP contribution in [-0.4, -0.2) is 30.5 Å². The fourth-order valence-electron chi connectivity index (χ4n) is 2.26. The van der Waals surface area contributed by atoms with Crippen molar-refractivity contribution in [2.75, 3.05) is 19.0 Å². The zero-order valence-electron chi connectivity index (χ0n) is 10.3. The minimum atomic E-state index is -0.322. The first kappa shape index (κ1) is 13.8. The van der Waals surface area contributed by atoms with Gasteiger partial charge in [-0.3, -0.25) is 4.79 Å². The molecular formula is C12H23ClNO2+. The summed E-state index contributed by atoms with van der Waals surface area (Å²) in [6, 6.07) is 0. The number of halogens is 1. The number of carbonyl (C=O) groups is 1. The smallest absolute Gasteiger partial charge is 0.306 e. The van der Waals surface area contributed by atoms with Crippen molar-refractivity contribution in [1.29, 1.82) is 0 Å². The minimum absolute atomic E-state index is 0.111. The Kier molecular flexibility index (Phi) is 5.56. The standard InChI is InChI=1S/C12H22ClNO2/c1-12(2,10-5-8-14-9-6-10)16-11(15)4-3-7-13/h10,14H,3-9H2,1-2H3/p+1. The molecule has 2 N–H and O–H groups in total. The molecule has 1 fully saturated rings. The lowest BCUT2D eigenvalue weighted by Gasteiger charge is -2.35. The number of esters is 1. The van der Waals surface area contributed by atoms with E-state index >= 15 is 0 Å². The van der Waals surface area contributed by atoms with E-state index in [2.05, 4.69) is 5.32 Å². The molecule has 16 heavy (non-hydrogen) atoms. The van der Waals surface area contributed by atoms with Crippen LogP contribution in [0.4, 0.5) is 0 Å². The van der Waals surface area contributed by atoms with E-state index in [4.69, 9.17) is 16.3 Å². The number of hydrogen-bond donors (Lipinski definition) is 1. The minimum Gasteiger partial charge on any atom is -0.459 e. The van der Waals surface area contributed by atoms with Gasteiger partial charge in [0.25, 0.3) is 0 Å². The molecule has 3 nitrogen and oxygen atoms in total. The fourth-order valence-corrected chi connectivity index (χ4v) is 2.39. The molecule has 1 aliphatic rings. The fraction of sp³-hybridized carbons (Fsp3) is 0.917. The third-order valence-corrected chi connectivity index (χ3v) is 3.58. The number of piperidine rings is 1. The van der Waals surface area contributed by atoms with Gasteiger partial charge in [-0.1, -0.05) is 0 Å². The van der Waals surface area contributed by atoms with Crippen LogP contribution < -0.4 is 5.32 Å². The van der Waals surface area contributed by atoms with E-state index in [1.807, 2.05) is 13.8 Å². The third-order valence-electron chi connectivity index (χ3n) is 3.31. The van der Waals surface area contributed by atoms with Crippen molar-refractivity contribution >= 4 is 17.6 Å². The second-order valence-corrected chi connectivity index (χ2v) is 5.39. The van der Waals surface area contributed by atoms with Crippen LogP contribution in [0.1, 0.15) is 39.5 Å². The van der Waals surface area contributed by atoms with Crippen LogP contribution in [0, 0.1) is 5.92 Å². The molecule has 0 aromatic rings. The van der Waals surface area contributed by atoms with Crippen molar-refractivity contribution < 1.29 is 14.8 Å². The predicted molar refractivity (Wildman–Crippen MR) is 64.5 cm³/mol. The van der Waals surface area contributed by atoms with Gasteiger partial charge in [-0.2, -0.15) is 0 Å². The van der Waals surface area contributed by atoms with E-state index in [1.165, 1.54) is 0 Å². The van der Waals surface area contributed by atoms with Gasteiger partial charge in [0.15, 0.2) is 0 Å². The summed E-state index contributed by atoms with van der Waals surface area (Å²) in [4.78, 5) is 11.6. The number of hydrogen-bond acceptors (Lipinski definition) is 2. The van der Waals surface area contributed by atoms with E-state index < -0.39 is 0 Å². The molecule has 0 amide bonds. The molecule has 0 aliphatic carbocycles. The molecule has 4 heteroatoms. The van der Waals surface area contributed by atoms with Crippen molar-refractivity contribution in [2.24, 2.45) is 5.92 Å². The van der Waals surface area contributed by atoms with Crippen LogP contribution in [0.25, 0.3) is 0 Å². The van der Waals surface area contributed by atoms with Crippen LogP contribution in [-0.2, 0) is 9.53 Å². The second-order valence-electron chi connectivity index (χ2n) is 5.01. The van der Waals surface area contributed by atoms with Crippen molar-refractivity contribution in [2.45, 2.75) is 45.1 Å². The van der Waals surface area contributed by atoms with E-state index in [9.17, 15) is 4.79 Å². The maximum Gasteiger partial charge on any atom is 0.306 e. The molecule has 0 radical (unpaired) electrons. The number of carbonyl (C=O) groups excluding carboxylic acids is 1. The van der Waals surface area contributed by atoms with Gasteiger partial charge in [0.2, 0.25) is 0 Å². The summed E-state index contributed by atoms with van der Waals surface area (Å²) in [6.45, 7) is 6.35. The van der Waals surface area contributed by atoms with Gasteiger partial charge in [-0.25, -0.2) is 0 Å². The molecular weight excluding hydrogens is 226 g/mol. The lowest BCUT2D eigenvalue weighted by molar-refractivity contribution is -0.665. The van der Waals surface area contributed by atoms with Gasteiger partial charge in [0.1, 0.15) is 5.60 Å². The SMILES string of the molecule is CC(C)(OC(=O)CCCCl)C1CC[NH2+]CC1. The van der Waals surface area contributed by atoms with Gasteiger partial charge in [-0.05, 0) is 20.3 Å². The number of alkyl halides is 1. The lowest BCUT2D eigenvalue weighted by Crippen LogP contribution is -2.86. The number of rotatable bonds is 5. The summed E-state index contributed by atoms with van der Waals surface area (Å²) in [5.74, 6) is 0.908. The van der Waals surface area contributed by atoms with Gasteiger partial charge in [0.05, 0.1) is 13.1 Å². The van der Waals surface area contributed by atoms with Crippen LogP contribution in [0.2, 0.25) is 0 Å². The molecule has 1 aliphatic heterocycles. The Morgan fingerprint density at radius 2 is 2.06 bits per heavy atom. The molecule has 1 saturated heterocycles. The van der Waals surface area contributed by atoms with Crippen molar-refractivity contribution in [3.05, 3.63) is 0 Å². The topological polar surface area (TPSA) is 42.9 Å². The van der Waals surface area contributed by atoms with E-state index in [1.54, 1.807) is 0 Å². The summed E-state index contributed by atoms with van der Waals surface area (Å²) in [5, 5.41) is 2.32. The molecule has 1 rings (SSSR count). The van der Waals surface area contributed by atoms with E-state index in [0.717, 1.165) is 25.9 Å². The highest BCUT2D eigenvalue weighted by molar-refractivity contribution is 6.17. The summed E-state index contributed by atoms with van der Waals surface area (Å²) in [6.07, 6.45) is 3.41. The second kappa shape index (κ2) is 6.45. The number of ether oxygens (including phenoxy) is 1. The largest absolute Gasteiger partial charge is 0.459 e. The summed E-state index contributed by atoms with van der Waals surface area (Å²) >= 11 is 5.55. The molecule has 1 heterocycles. The van der Waals surface area contributed by atoms with Gasteiger partial charge in [-0.15, -0.1) is 11.6 Å². The molecule has 0 saturated carbocycles. The third kappa shape index (κ3) is 4.30. The highest BCUT2D eigenvalue weighted by Crippen LogP contribution is 2.28. The number of nitrogens with two attached hydrogens (primary N) is 1. The Bertz CT molecular complexity index is 225. The van der Waals surface area contributed by atoms with Gasteiger partial charge in [0, 0.05) is 31.1 Å². The molecule has 0 spiro atoms. The molecule has 94 valence electrons. The van der Waals surface area contributed by atoms with Crippen LogP contribution in [0.15, 0.2) is 0 Å². The first-order valence-electron chi connectivity index (χ1n) is 6.15. The zero-order valence-corrected chi connectivity index (χ0v) is 11.1. The lowest BCUT2D eigenvalue weighted by atomic mass is 9.83. The Balaban J connectivity index is 2.39. The highest BCUT2D eigenvalue weighted by Gasteiger charge is 2.34. The van der Waals surface area contributed by atoms with Crippen LogP contribution >= 0.6 is 11.6 Å². The van der Waals surface area contributed by atoms with Gasteiger partial charge < -0.3 is 10.1 Å². The van der Waals surface area contributed by atoms with Crippen molar-refractivity contribution in [3.63, 3.8) is 0 Å². The molecule has 0 aromatic heterocycles. The molecule has 0 atom stereocenters. The zero-order chi connectivity index (χ0) is 12.0. The Morgan fingerprint density at radius 1 is 1.44 bits per heavy atom. The summed E-state index contributed by atoms with van der Waals surface area (Å²) < 4.78 is 5.57. The van der Waals surface area contributed by atoms with E-state index in [0.29, 0.717) is 24.6 Å². The average molecular weight is 249 g/mol. The number of quaternary nitrogens is 1. The maximum atomic E-state index is 11.6. The predicted octanol–water partition coefficient (Wildman–Crippen LogP) is 1.30. The Morgan fingerprint density at radius 3 is 2.62 bits per heavy atom. The Hall–Kier alpha value is -0.280. The van der Waals surface area contributed by atoms with Gasteiger partial charge >= 0.3 is 5.97 Å². The quantitative estimate of drug-likeness (QED) is 0.589. The maximum absolute atomic E-state index is 11.6. The monoisotopic (exact) mass is 248 g/mol. The highest BCUT2D eigenvalue weighted by atomic mass is 35.5. The van der Waals surface area contributed by atoms with E-state index in [-0.39, 0.29) is 11.6 Å². The molecule has 0 bridgehead atoms. The first-order valence-corrected chi connectivity index (χ1v) is 6.69. The van der Waals surface area contributed by atoms with Crippen LogP contribution in [0.5, 0.6) is 0 Å². The molecule has 0 unspecified atom stereocenters.